The van der Waals surface area contributed by atoms with E-state index >= 15 is 0 Å². The second-order valence-electron chi connectivity index (χ2n) is 12.9. The van der Waals surface area contributed by atoms with Crippen molar-refractivity contribution in [1.29, 1.82) is 0 Å². The summed E-state index contributed by atoms with van der Waals surface area (Å²) in [5.74, 6) is 0. The summed E-state index contributed by atoms with van der Waals surface area (Å²) in [5.41, 5.74) is 9.76. The SMILES string of the molecule is c1ccc(-n2c3ccccc3c3cc(-c4ccc5c6ccccc6c6cc7ccccc7c7c6c5c4n7-c4ccccc4)ccc32)cc1. The molecule has 48 heavy (non-hydrogen) atoms. The molecule has 0 aliphatic heterocycles. The van der Waals surface area contributed by atoms with Crippen LogP contribution in [0.3, 0.4) is 0 Å². The van der Waals surface area contributed by atoms with E-state index in [1.165, 1.54) is 98.4 Å². The Morgan fingerprint density at radius 3 is 1.67 bits per heavy atom. The molecule has 11 rings (SSSR count). The molecule has 0 saturated carbocycles. The van der Waals surface area contributed by atoms with Crippen LogP contribution in [0.4, 0.5) is 0 Å². The van der Waals surface area contributed by atoms with Gasteiger partial charge < -0.3 is 9.13 Å². The van der Waals surface area contributed by atoms with Crippen molar-refractivity contribution in [3.8, 4) is 22.5 Å². The molecule has 0 aliphatic rings. The third-order valence-corrected chi connectivity index (χ3v) is 10.4. The van der Waals surface area contributed by atoms with E-state index in [4.69, 9.17) is 0 Å². The van der Waals surface area contributed by atoms with Crippen LogP contribution in [0, 0.1) is 0 Å². The highest BCUT2D eigenvalue weighted by molar-refractivity contribution is 6.39. The number of aromatic nitrogens is 2. The lowest BCUT2D eigenvalue weighted by Gasteiger charge is -2.14. The third kappa shape index (κ3) is 3.36. The summed E-state index contributed by atoms with van der Waals surface area (Å²) < 4.78 is 4.93. The maximum atomic E-state index is 2.54. The Balaban J connectivity index is 1.34. The van der Waals surface area contributed by atoms with Crippen LogP contribution in [-0.4, -0.2) is 9.13 Å². The number of para-hydroxylation sites is 3. The first-order valence-electron chi connectivity index (χ1n) is 16.6. The quantitative estimate of drug-likeness (QED) is 0.139. The molecular weight excluding hydrogens is 581 g/mol. The summed E-state index contributed by atoms with van der Waals surface area (Å²) in [6.45, 7) is 0. The van der Waals surface area contributed by atoms with E-state index < -0.39 is 0 Å². The molecular formula is C46H28N2. The van der Waals surface area contributed by atoms with E-state index in [0.717, 1.165) is 0 Å². The first-order valence-corrected chi connectivity index (χ1v) is 16.6. The first-order chi connectivity index (χ1) is 23.8. The minimum absolute atomic E-state index is 1.17. The third-order valence-electron chi connectivity index (χ3n) is 10.4. The fourth-order valence-electron chi connectivity index (χ4n) is 8.46. The average molecular weight is 609 g/mol. The second-order valence-corrected chi connectivity index (χ2v) is 12.9. The molecule has 0 bridgehead atoms. The van der Waals surface area contributed by atoms with E-state index in [1.54, 1.807) is 0 Å². The van der Waals surface area contributed by atoms with Gasteiger partial charge in [0.15, 0.2) is 0 Å². The maximum absolute atomic E-state index is 2.54. The second kappa shape index (κ2) is 9.57. The first kappa shape index (κ1) is 25.8. The normalized spacial score (nSPS) is 12.2. The standard InChI is InChI=1S/C46H28N2/c1-3-14-31(15-4-1)47-41-22-12-11-21-37(41)39-27-30(23-26-42(39)47)34-24-25-38-35-19-9-10-20-36(35)40-28-29-13-7-8-18-33(29)45-44(40)43(38)46(34)48(45)32-16-5-2-6-17-32/h1-28H. The average Bonchev–Trinajstić information content (AvgIpc) is 3.69. The van der Waals surface area contributed by atoms with Gasteiger partial charge in [-0.2, -0.15) is 0 Å². The Morgan fingerprint density at radius 1 is 0.312 bits per heavy atom. The molecule has 0 N–H and O–H groups in total. The highest BCUT2D eigenvalue weighted by Gasteiger charge is 2.25. The van der Waals surface area contributed by atoms with E-state index in [2.05, 4.69) is 179 Å². The molecule has 2 heterocycles. The van der Waals surface area contributed by atoms with Gasteiger partial charge in [-0.3, -0.25) is 0 Å². The van der Waals surface area contributed by atoms with Crippen molar-refractivity contribution < 1.29 is 0 Å². The van der Waals surface area contributed by atoms with Crippen molar-refractivity contribution in [3.63, 3.8) is 0 Å². The molecule has 0 amide bonds. The maximum Gasteiger partial charge on any atom is 0.0626 e. The molecule has 0 unspecified atom stereocenters. The van der Waals surface area contributed by atoms with Crippen molar-refractivity contribution in [2.24, 2.45) is 0 Å². The van der Waals surface area contributed by atoms with Crippen LogP contribution in [0.15, 0.2) is 170 Å². The number of hydrogen-bond acceptors (Lipinski definition) is 0. The number of fused-ring (bicyclic) bond motifs is 8. The molecule has 0 radical (unpaired) electrons. The highest BCUT2D eigenvalue weighted by atomic mass is 15.0. The molecule has 2 nitrogen and oxygen atoms in total. The van der Waals surface area contributed by atoms with Crippen LogP contribution in [0.1, 0.15) is 0 Å². The zero-order valence-corrected chi connectivity index (χ0v) is 26.1. The zero-order valence-electron chi connectivity index (χ0n) is 26.1. The molecule has 2 aromatic heterocycles. The summed E-state index contributed by atoms with van der Waals surface area (Å²) in [6.07, 6.45) is 0. The van der Waals surface area contributed by atoms with Gasteiger partial charge in [0.05, 0.1) is 22.1 Å². The van der Waals surface area contributed by atoms with Crippen LogP contribution >= 0.6 is 0 Å². The van der Waals surface area contributed by atoms with Crippen molar-refractivity contribution in [3.05, 3.63) is 170 Å². The van der Waals surface area contributed by atoms with E-state index in [-0.39, 0.29) is 0 Å². The van der Waals surface area contributed by atoms with Crippen molar-refractivity contribution >= 4 is 75.9 Å². The number of rotatable bonds is 3. The number of nitrogens with zero attached hydrogens (tertiary/aromatic N) is 2. The summed E-state index contributed by atoms with van der Waals surface area (Å²) >= 11 is 0. The van der Waals surface area contributed by atoms with Gasteiger partial charge in [0.25, 0.3) is 0 Å². The molecule has 2 heteroatoms. The number of benzene rings is 9. The van der Waals surface area contributed by atoms with Crippen LogP contribution in [0.5, 0.6) is 0 Å². The summed E-state index contributed by atoms with van der Waals surface area (Å²) in [7, 11) is 0. The van der Waals surface area contributed by atoms with Gasteiger partial charge in [0.2, 0.25) is 0 Å². The highest BCUT2D eigenvalue weighted by Crippen LogP contribution is 2.49. The van der Waals surface area contributed by atoms with Gasteiger partial charge in [-0.05, 0) is 81.0 Å². The Bertz CT molecular complexity index is 3040. The predicted octanol–water partition coefficient (Wildman–Crippen LogP) is 12.4. The lowest BCUT2D eigenvalue weighted by molar-refractivity contribution is 1.18. The van der Waals surface area contributed by atoms with Gasteiger partial charge in [0, 0.05) is 43.9 Å². The van der Waals surface area contributed by atoms with Crippen molar-refractivity contribution in [2.75, 3.05) is 0 Å². The molecule has 0 spiro atoms. The van der Waals surface area contributed by atoms with Crippen LogP contribution in [0.2, 0.25) is 0 Å². The molecule has 0 fully saturated rings. The van der Waals surface area contributed by atoms with E-state index in [1.807, 2.05) is 0 Å². The monoisotopic (exact) mass is 608 g/mol. The Labute approximate surface area is 276 Å². The minimum Gasteiger partial charge on any atom is -0.309 e. The predicted molar refractivity (Wildman–Crippen MR) is 204 cm³/mol. The van der Waals surface area contributed by atoms with Crippen molar-refractivity contribution in [2.45, 2.75) is 0 Å². The minimum atomic E-state index is 1.17. The van der Waals surface area contributed by atoms with E-state index in [0.29, 0.717) is 0 Å². The molecule has 222 valence electrons. The van der Waals surface area contributed by atoms with Gasteiger partial charge in [0.1, 0.15) is 0 Å². The van der Waals surface area contributed by atoms with Crippen LogP contribution in [0.25, 0.3) is 98.4 Å². The molecule has 0 aliphatic carbocycles. The fraction of sp³-hybridized carbons (Fsp3) is 0. The summed E-state index contributed by atoms with van der Waals surface area (Å²) in [5, 5.41) is 12.9. The molecule has 0 saturated heterocycles. The van der Waals surface area contributed by atoms with Crippen LogP contribution in [-0.2, 0) is 0 Å². The zero-order chi connectivity index (χ0) is 31.3. The molecule has 9 aromatic carbocycles. The smallest absolute Gasteiger partial charge is 0.0626 e. The van der Waals surface area contributed by atoms with Crippen molar-refractivity contribution in [1.82, 2.24) is 9.13 Å². The Morgan fingerprint density at radius 2 is 0.896 bits per heavy atom. The fourth-order valence-corrected chi connectivity index (χ4v) is 8.46. The van der Waals surface area contributed by atoms with Gasteiger partial charge in [-0.25, -0.2) is 0 Å². The van der Waals surface area contributed by atoms with Crippen LogP contribution < -0.4 is 0 Å². The van der Waals surface area contributed by atoms with E-state index in [9.17, 15) is 0 Å². The number of hydrogen-bond donors (Lipinski definition) is 0. The molecule has 0 atom stereocenters. The Kier molecular flexibility index (Phi) is 5.14. The lowest BCUT2D eigenvalue weighted by atomic mass is 9.90. The van der Waals surface area contributed by atoms with Gasteiger partial charge in [-0.15, -0.1) is 0 Å². The lowest BCUT2D eigenvalue weighted by Crippen LogP contribution is -1.96. The Hall–Kier alpha value is -6.38. The largest absolute Gasteiger partial charge is 0.309 e. The topological polar surface area (TPSA) is 9.86 Å². The van der Waals surface area contributed by atoms with Gasteiger partial charge >= 0.3 is 0 Å². The summed E-state index contributed by atoms with van der Waals surface area (Å²) in [6, 6.07) is 62.4. The molecule has 11 aromatic rings. The summed E-state index contributed by atoms with van der Waals surface area (Å²) in [4.78, 5) is 0. The van der Waals surface area contributed by atoms with Gasteiger partial charge in [-0.1, -0.05) is 121 Å².